The SMILES string of the molecule is CCc1cc(Br)ccc1N1C(=O)c2cccnc2C1=O. The van der Waals surface area contributed by atoms with Gasteiger partial charge in [-0.1, -0.05) is 22.9 Å². The zero-order valence-corrected chi connectivity index (χ0v) is 12.3. The largest absolute Gasteiger partial charge is 0.284 e. The van der Waals surface area contributed by atoms with E-state index in [9.17, 15) is 9.59 Å². The number of halogens is 1. The monoisotopic (exact) mass is 330 g/mol. The molecule has 0 atom stereocenters. The van der Waals surface area contributed by atoms with Crippen molar-refractivity contribution in [3.8, 4) is 0 Å². The number of nitrogens with zero attached hydrogens (tertiary/aromatic N) is 2. The summed E-state index contributed by atoms with van der Waals surface area (Å²) >= 11 is 3.40. The standard InChI is InChI=1S/C15H11BrN2O2/c1-2-9-8-10(16)5-6-12(9)18-14(19)11-4-3-7-17-13(11)15(18)20/h3-8H,2H2,1H3. The van der Waals surface area contributed by atoms with E-state index < -0.39 is 0 Å². The van der Waals surface area contributed by atoms with E-state index in [2.05, 4.69) is 20.9 Å². The van der Waals surface area contributed by atoms with Gasteiger partial charge >= 0.3 is 0 Å². The van der Waals surface area contributed by atoms with E-state index in [0.29, 0.717) is 11.3 Å². The summed E-state index contributed by atoms with van der Waals surface area (Å²) in [7, 11) is 0. The number of imide groups is 1. The molecule has 2 amide bonds. The molecule has 0 saturated carbocycles. The molecule has 0 unspecified atom stereocenters. The summed E-state index contributed by atoms with van der Waals surface area (Å²) in [5.41, 5.74) is 2.16. The molecule has 20 heavy (non-hydrogen) atoms. The van der Waals surface area contributed by atoms with Gasteiger partial charge in [0.05, 0.1) is 11.3 Å². The van der Waals surface area contributed by atoms with Gasteiger partial charge in [0.2, 0.25) is 0 Å². The zero-order chi connectivity index (χ0) is 14.3. The Morgan fingerprint density at radius 3 is 2.70 bits per heavy atom. The molecule has 0 aliphatic carbocycles. The van der Waals surface area contributed by atoms with E-state index >= 15 is 0 Å². The van der Waals surface area contributed by atoms with Crippen molar-refractivity contribution in [3.05, 3.63) is 57.8 Å². The average molecular weight is 331 g/mol. The van der Waals surface area contributed by atoms with Crippen molar-refractivity contribution in [2.24, 2.45) is 0 Å². The van der Waals surface area contributed by atoms with Gasteiger partial charge in [-0.2, -0.15) is 0 Å². The number of rotatable bonds is 2. The third-order valence-corrected chi connectivity index (χ3v) is 3.80. The van der Waals surface area contributed by atoms with Gasteiger partial charge in [0, 0.05) is 10.7 Å². The number of anilines is 1. The van der Waals surface area contributed by atoms with Gasteiger partial charge in [-0.3, -0.25) is 14.6 Å². The van der Waals surface area contributed by atoms with E-state index in [1.165, 1.54) is 11.1 Å². The normalized spacial score (nSPS) is 13.8. The van der Waals surface area contributed by atoms with Gasteiger partial charge in [-0.05, 0) is 42.3 Å². The molecule has 0 N–H and O–H groups in total. The van der Waals surface area contributed by atoms with Crippen molar-refractivity contribution < 1.29 is 9.59 Å². The molecule has 4 nitrogen and oxygen atoms in total. The first-order valence-corrected chi connectivity index (χ1v) is 7.05. The highest BCUT2D eigenvalue weighted by Crippen LogP contribution is 2.31. The molecule has 1 aromatic carbocycles. The Kier molecular flexibility index (Phi) is 3.14. The van der Waals surface area contributed by atoms with Crippen LogP contribution in [0.1, 0.15) is 33.3 Å². The smallest absolute Gasteiger partial charge is 0.268 e. The highest BCUT2D eigenvalue weighted by atomic mass is 79.9. The quantitative estimate of drug-likeness (QED) is 0.794. The first-order valence-electron chi connectivity index (χ1n) is 6.25. The van der Waals surface area contributed by atoms with Crippen molar-refractivity contribution in [1.82, 2.24) is 4.98 Å². The number of pyridine rings is 1. The number of hydrogen-bond donors (Lipinski definition) is 0. The molecule has 0 spiro atoms. The number of benzene rings is 1. The lowest BCUT2D eigenvalue weighted by atomic mass is 10.1. The summed E-state index contributed by atoms with van der Waals surface area (Å²) in [4.78, 5) is 30.0. The first-order chi connectivity index (χ1) is 9.63. The number of aryl methyl sites for hydroxylation is 1. The first kappa shape index (κ1) is 13.0. The Bertz CT molecular complexity index is 693. The lowest BCUT2D eigenvalue weighted by Gasteiger charge is -2.17. The summed E-state index contributed by atoms with van der Waals surface area (Å²) in [5.74, 6) is -0.669. The third kappa shape index (κ3) is 1.86. The average Bonchev–Trinajstić information content (AvgIpc) is 2.72. The van der Waals surface area contributed by atoms with Crippen LogP contribution >= 0.6 is 15.9 Å². The molecule has 0 saturated heterocycles. The van der Waals surface area contributed by atoms with Crippen molar-refractivity contribution >= 4 is 33.4 Å². The summed E-state index contributed by atoms with van der Waals surface area (Å²) in [6.45, 7) is 1.99. The third-order valence-electron chi connectivity index (χ3n) is 3.31. The van der Waals surface area contributed by atoms with Gasteiger partial charge < -0.3 is 0 Å². The molecule has 0 fully saturated rings. The lowest BCUT2D eigenvalue weighted by molar-refractivity contribution is 0.0924. The number of hydrogen-bond acceptors (Lipinski definition) is 3. The van der Waals surface area contributed by atoms with Crippen molar-refractivity contribution in [2.45, 2.75) is 13.3 Å². The molecular formula is C15H11BrN2O2. The molecular weight excluding hydrogens is 320 g/mol. The Balaban J connectivity index is 2.14. The van der Waals surface area contributed by atoms with Gasteiger partial charge in [0.15, 0.2) is 0 Å². The van der Waals surface area contributed by atoms with Crippen LogP contribution in [-0.4, -0.2) is 16.8 Å². The second-order valence-electron chi connectivity index (χ2n) is 4.47. The number of aromatic nitrogens is 1. The lowest BCUT2D eigenvalue weighted by Crippen LogP contribution is -2.30. The maximum Gasteiger partial charge on any atom is 0.284 e. The van der Waals surface area contributed by atoms with Crippen molar-refractivity contribution in [1.29, 1.82) is 0 Å². The molecule has 100 valence electrons. The highest BCUT2D eigenvalue weighted by molar-refractivity contribution is 9.10. The number of amides is 2. The van der Waals surface area contributed by atoms with E-state index in [0.717, 1.165) is 16.5 Å². The second-order valence-corrected chi connectivity index (χ2v) is 5.39. The molecule has 0 radical (unpaired) electrons. The van der Waals surface area contributed by atoms with Crippen LogP contribution in [0.15, 0.2) is 41.0 Å². The molecule has 5 heteroatoms. The topological polar surface area (TPSA) is 50.3 Å². The Hall–Kier alpha value is -2.01. The number of carbonyl (C=O) groups is 2. The van der Waals surface area contributed by atoms with Crippen LogP contribution in [0.2, 0.25) is 0 Å². The van der Waals surface area contributed by atoms with Crippen LogP contribution < -0.4 is 4.90 Å². The van der Waals surface area contributed by atoms with Crippen LogP contribution in [0, 0.1) is 0 Å². The Labute approximate surface area is 124 Å². The maximum atomic E-state index is 12.4. The highest BCUT2D eigenvalue weighted by Gasteiger charge is 2.38. The zero-order valence-electron chi connectivity index (χ0n) is 10.8. The minimum Gasteiger partial charge on any atom is -0.268 e. The summed E-state index contributed by atoms with van der Waals surface area (Å²) in [5, 5.41) is 0. The van der Waals surface area contributed by atoms with E-state index in [1.54, 1.807) is 18.2 Å². The van der Waals surface area contributed by atoms with Crippen molar-refractivity contribution in [2.75, 3.05) is 4.90 Å². The van der Waals surface area contributed by atoms with Gasteiger partial charge in [0.1, 0.15) is 5.69 Å². The molecule has 0 bridgehead atoms. The van der Waals surface area contributed by atoms with Gasteiger partial charge in [0.25, 0.3) is 11.8 Å². The minimum absolute atomic E-state index is 0.225. The van der Waals surface area contributed by atoms with Crippen molar-refractivity contribution in [3.63, 3.8) is 0 Å². The summed E-state index contributed by atoms with van der Waals surface area (Å²) < 4.78 is 0.924. The molecule has 1 aliphatic heterocycles. The predicted molar refractivity (Wildman–Crippen MR) is 78.9 cm³/mol. The van der Waals surface area contributed by atoms with E-state index in [-0.39, 0.29) is 17.5 Å². The maximum absolute atomic E-state index is 12.4. The molecule has 3 rings (SSSR count). The van der Waals surface area contributed by atoms with E-state index in [4.69, 9.17) is 0 Å². The molecule has 1 aromatic heterocycles. The van der Waals surface area contributed by atoms with Gasteiger partial charge in [-0.15, -0.1) is 0 Å². The summed E-state index contributed by atoms with van der Waals surface area (Å²) in [6.07, 6.45) is 2.26. The number of fused-ring (bicyclic) bond motifs is 1. The fraction of sp³-hybridized carbons (Fsp3) is 0.133. The second kappa shape index (κ2) is 4.83. The number of carbonyl (C=O) groups excluding carboxylic acids is 2. The molecule has 2 heterocycles. The minimum atomic E-state index is -0.359. The fourth-order valence-electron chi connectivity index (χ4n) is 2.34. The van der Waals surface area contributed by atoms with E-state index in [1.807, 2.05) is 19.1 Å². The van der Waals surface area contributed by atoms with Crippen LogP contribution in [0.25, 0.3) is 0 Å². The summed E-state index contributed by atoms with van der Waals surface area (Å²) in [6, 6.07) is 8.82. The Morgan fingerprint density at radius 2 is 2.00 bits per heavy atom. The molecule has 1 aliphatic rings. The van der Waals surface area contributed by atoms with Crippen LogP contribution in [0.3, 0.4) is 0 Å². The van der Waals surface area contributed by atoms with Crippen LogP contribution in [0.5, 0.6) is 0 Å². The fourth-order valence-corrected chi connectivity index (χ4v) is 2.75. The van der Waals surface area contributed by atoms with Crippen LogP contribution in [0.4, 0.5) is 5.69 Å². The predicted octanol–water partition coefficient (Wildman–Crippen LogP) is 3.21. The molecule has 2 aromatic rings. The Morgan fingerprint density at radius 1 is 1.20 bits per heavy atom. The van der Waals surface area contributed by atoms with Crippen LogP contribution in [-0.2, 0) is 6.42 Å². The van der Waals surface area contributed by atoms with Gasteiger partial charge in [-0.25, -0.2) is 4.90 Å².